The lowest BCUT2D eigenvalue weighted by Crippen LogP contribution is -2.28. The molecule has 112 valence electrons. The number of hydrogen-bond donors (Lipinski definition) is 1. The van der Waals surface area contributed by atoms with E-state index < -0.39 is 0 Å². The molecule has 0 aliphatic heterocycles. The zero-order valence-corrected chi connectivity index (χ0v) is 13.5. The zero-order valence-electron chi connectivity index (χ0n) is 13.5. The highest BCUT2D eigenvalue weighted by molar-refractivity contribution is 5.41. The molecule has 1 aliphatic rings. The molecule has 0 spiro atoms. The van der Waals surface area contributed by atoms with E-state index >= 15 is 0 Å². The van der Waals surface area contributed by atoms with Crippen molar-refractivity contribution in [1.29, 1.82) is 0 Å². The fraction of sp³-hybridized carbons (Fsp3) is 0.706. The maximum absolute atomic E-state index is 5.52. The van der Waals surface area contributed by atoms with E-state index in [2.05, 4.69) is 38.0 Å². The average Bonchev–Trinajstić information content (AvgIpc) is 2.76. The van der Waals surface area contributed by atoms with E-state index in [0.29, 0.717) is 11.5 Å². The van der Waals surface area contributed by atoms with Gasteiger partial charge in [0.15, 0.2) is 0 Å². The normalized spacial score (nSPS) is 25.9. The summed E-state index contributed by atoms with van der Waals surface area (Å²) in [5.74, 6) is 1.000. The van der Waals surface area contributed by atoms with Crippen LogP contribution in [0.4, 0.5) is 0 Å². The molecular formula is C17H28N2O. The summed E-state index contributed by atoms with van der Waals surface area (Å²) >= 11 is 0. The van der Waals surface area contributed by atoms with E-state index in [1.807, 2.05) is 6.20 Å². The molecule has 1 aliphatic carbocycles. The fourth-order valence-electron chi connectivity index (χ4n) is 3.60. The van der Waals surface area contributed by atoms with Crippen LogP contribution in [0.2, 0.25) is 0 Å². The summed E-state index contributed by atoms with van der Waals surface area (Å²) < 4.78 is 5.52. The number of nitrogens with zero attached hydrogens (tertiary/aromatic N) is 1. The Balaban J connectivity index is 2.14. The SMILES string of the molecule is CCNC1CCC(C)(Cc2ncc(C)c(OC)c2C)C1. The number of nitrogens with one attached hydrogen (secondary N) is 1. The third kappa shape index (κ3) is 3.14. The first-order valence-corrected chi connectivity index (χ1v) is 7.71. The maximum atomic E-state index is 5.52. The van der Waals surface area contributed by atoms with Gasteiger partial charge >= 0.3 is 0 Å². The van der Waals surface area contributed by atoms with E-state index in [9.17, 15) is 0 Å². The van der Waals surface area contributed by atoms with Gasteiger partial charge in [-0.2, -0.15) is 0 Å². The van der Waals surface area contributed by atoms with Crippen molar-refractivity contribution in [1.82, 2.24) is 10.3 Å². The smallest absolute Gasteiger partial charge is 0.128 e. The van der Waals surface area contributed by atoms with Crippen LogP contribution in [0.25, 0.3) is 0 Å². The van der Waals surface area contributed by atoms with Crippen molar-refractivity contribution in [3.63, 3.8) is 0 Å². The Morgan fingerprint density at radius 1 is 1.45 bits per heavy atom. The van der Waals surface area contributed by atoms with E-state index in [1.165, 1.54) is 30.5 Å². The standard InChI is InChI=1S/C17H28N2O/c1-6-18-14-7-8-17(4,9-14)10-15-13(3)16(20-5)12(2)11-19-15/h11,14,18H,6-10H2,1-5H3. The number of rotatable bonds is 5. The van der Waals surface area contributed by atoms with Crippen molar-refractivity contribution in [2.75, 3.05) is 13.7 Å². The van der Waals surface area contributed by atoms with Crippen molar-refractivity contribution >= 4 is 0 Å². The van der Waals surface area contributed by atoms with Gasteiger partial charge in [0.2, 0.25) is 0 Å². The number of ether oxygens (including phenoxy) is 1. The maximum Gasteiger partial charge on any atom is 0.128 e. The molecule has 3 heteroatoms. The molecule has 1 fully saturated rings. The second-order valence-electron chi connectivity index (χ2n) is 6.53. The Labute approximate surface area is 123 Å². The van der Waals surface area contributed by atoms with Gasteiger partial charge in [-0.15, -0.1) is 0 Å². The molecule has 2 rings (SSSR count). The summed E-state index contributed by atoms with van der Waals surface area (Å²) in [6.07, 6.45) is 6.81. The average molecular weight is 276 g/mol. The third-order valence-electron chi connectivity index (χ3n) is 4.67. The van der Waals surface area contributed by atoms with Crippen LogP contribution in [0.3, 0.4) is 0 Å². The first-order chi connectivity index (χ1) is 9.49. The quantitative estimate of drug-likeness (QED) is 0.895. The van der Waals surface area contributed by atoms with E-state index in [0.717, 1.165) is 24.3 Å². The topological polar surface area (TPSA) is 34.2 Å². The highest BCUT2D eigenvalue weighted by Gasteiger charge is 2.35. The minimum Gasteiger partial charge on any atom is -0.496 e. The minimum absolute atomic E-state index is 0.366. The predicted molar refractivity (Wildman–Crippen MR) is 83.4 cm³/mol. The van der Waals surface area contributed by atoms with Gasteiger partial charge in [0.25, 0.3) is 0 Å². The Morgan fingerprint density at radius 3 is 2.85 bits per heavy atom. The van der Waals surface area contributed by atoms with Gasteiger partial charge in [0.1, 0.15) is 5.75 Å². The van der Waals surface area contributed by atoms with E-state index in [-0.39, 0.29) is 0 Å². The predicted octanol–water partition coefficient (Wildman–Crippen LogP) is 3.42. The summed E-state index contributed by atoms with van der Waals surface area (Å²) in [7, 11) is 1.75. The largest absolute Gasteiger partial charge is 0.496 e. The lowest BCUT2D eigenvalue weighted by atomic mass is 9.82. The van der Waals surface area contributed by atoms with Gasteiger partial charge in [0.05, 0.1) is 7.11 Å². The highest BCUT2D eigenvalue weighted by Crippen LogP contribution is 2.41. The summed E-state index contributed by atoms with van der Waals surface area (Å²) in [6.45, 7) is 9.84. The summed E-state index contributed by atoms with van der Waals surface area (Å²) in [5, 5.41) is 3.59. The molecule has 20 heavy (non-hydrogen) atoms. The molecular weight excluding hydrogens is 248 g/mol. The molecule has 1 aromatic rings. The lowest BCUT2D eigenvalue weighted by molar-refractivity contribution is 0.317. The van der Waals surface area contributed by atoms with Crippen molar-refractivity contribution in [3.8, 4) is 5.75 Å². The number of methoxy groups -OCH3 is 1. The molecule has 1 saturated carbocycles. The second kappa shape index (κ2) is 6.13. The van der Waals surface area contributed by atoms with Gasteiger partial charge in [-0.1, -0.05) is 13.8 Å². The molecule has 2 atom stereocenters. The summed E-state index contributed by atoms with van der Waals surface area (Å²) in [4.78, 5) is 4.67. The third-order valence-corrected chi connectivity index (χ3v) is 4.67. The van der Waals surface area contributed by atoms with Crippen LogP contribution in [-0.4, -0.2) is 24.7 Å². The van der Waals surface area contributed by atoms with Crippen LogP contribution in [0.15, 0.2) is 6.20 Å². The van der Waals surface area contributed by atoms with Crippen LogP contribution in [0.5, 0.6) is 5.75 Å². The number of aryl methyl sites for hydroxylation is 1. The molecule has 1 heterocycles. The van der Waals surface area contributed by atoms with E-state index in [4.69, 9.17) is 4.74 Å². The van der Waals surface area contributed by atoms with Crippen LogP contribution >= 0.6 is 0 Å². The van der Waals surface area contributed by atoms with Gasteiger partial charge < -0.3 is 10.1 Å². The van der Waals surface area contributed by atoms with E-state index in [1.54, 1.807) is 7.11 Å². The first-order valence-electron chi connectivity index (χ1n) is 7.71. The molecule has 0 bridgehead atoms. The Hall–Kier alpha value is -1.09. The van der Waals surface area contributed by atoms with Crippen molar-refractivity contribution in [2.45, 2.75) is 59.4 Å². The van der Waals surface area contributed by atoms with Crippen LogP contribution in [0.1, 0.15) is 49.9 Å². The lowest BCUT2D eigenvalue weighted by Gasteiger charge is -2.25. The second-order valence-corrected chi connectivity index (χ2v) is 6.53. The van der Waals surface area contributed by atoms with Gasteiger partial charge in [0, 0.05) is 29.1 Å². The number of aromatic nitrogens is 1. The van der Waals surface area contributed by atoms with Crippen LogP contribution in [-0.2, 0) is 6.42 Å². The molecule has 3 nitrogen and oxygen atoms in total. The summed E-state index contributed by atoms with van der Waals surface area (Å²) in [5.41, 5.74) is 3.90. The minimum atomic E-state index is 0.366. The Morgan fingerprint density at radius 2 is 2.20 bits per heavy atom. The van der Waals surface area contributed by atoms with Gasteiger partial charge in [-0.25, -0.2) is 0 Å². The first kappa shape index (κ1) is 15.3. The Kier molecular flexibility index (Phi) is 4.69. The molecule has 2 unspecified atom stereocenters. The van der Waals surface area contributed by atoms with Gasteiger partial charge in [-0.05, 0) is 51.5 Å². The molecule has 0 aromatic carbocycles. The van der Waals surface area contributed by atoms with Crippen LogP contribution < -0.4 is 10.1 Å². The monoisotopic (exact) mass is 276 g/mol. The molecule has 0 radical (unpaired) electrons. The number of hydrogen-bond acceptors (Lipinski definition) is 3. The Bertz CT molecular complexity index is 472. The van der Waals surface area contributed by atoms with Crippen molar-refractivity contribution < 1.29 is 4.74 Å². The van der Waals surface area contributed by atoms with Crippen molar-refractivity contribution in [2.24, 2.45) is 5.41 Å². The van der Waals surface area contributed by atoms with Crippen molar-refractivity contribution in [3.05, 3.63) is 23.0 Å². The fourth-order valence-corrected chi connectivity index (χ4v) is 3.60. The molecule has 1 aromatic heterocycles. The highest BCUT2D eigenvalue weighted by atomic mass is 16.5. The van der Waals surface area contributed by atoms with Gasteiger partial charge in [-0.3, -0.25) is 4.98 Å². The zero-order chi connectivity index (χ0) is 14.8. The molecule has 1 N–H and O–H groups in total. The molecule has 0 saturated heterocycles. The number of pyridine rings is 1. The summed E-state index contributed by atoms with van der Waals surface area (Å²) in [6, 6.07) is 0.678. The van der Waals surface area contributed by atoms with Crippen LogP contribution in [0, 0.1) is 19.3 Å². The molecule has 0 amide bonds.